The summed E-state index contributed by atoms with van der Waals surface area (Å²) in [4.78, 5) is 60.6. The molecule has 3 aromatic carbocycles. The molecule has 3 fully saturated rings. The average molecular weight is 508 g/mol. The van der Waals surface area contributed by atoms with E-state index in [1.165, 1.54) is 9.80 Å². The van der Waals surface area contributed by atoms with Crippen molar-refractivity contribution in [2.45, 2.75) is 45.3 Å². The van der Waals surface area contributed by atoms with E-state index >= 15 is 0 Å². The number of hydrogen-bond donors (Lipinski definition) is 0. The van der Waals surface area contributed by atoms with E-state index in [2.05, 4.69) is 0 Å². The Morgan fingerprint density at radius 1 is 0.789 bits per heavy atom. The number of amides is 5. The molecule has 3 aliphatic heterocycles. The highest BCUT2D eigenvalue weighted by atomic mass is 16.2. The van der Waals surface area contributed by atoms with Crippen LogP contribution in [0, 0.1) is 25.7 Å². The molecule has 0 aliphatic carbocycles. The Balaban J connectivity index is 1.52. The van der Waals surface area contributed by atoms with Gasteiger partial charge in [0.05, 0.1) is 30.1 Å². The molecule has 7 heteroatoms. The fourth-order valence-corrected chi connectivity index (χ4v) is 6.64. The molecular weight excluding hydrogens is 478 g/mol. The lowest BCUT2D eigenvalue weighted by molar-refractivity contribution is -0.145. The summed E-state index contributed by atoms with van der Waals surface area (Å²) in [6.45, 7) is 5.84. The molecule has 0 radical (unpaired) electrons. The number of aryl methyl sites for hydroxylation is 2. The zero-order chi connectivity index (χ0) is 26.8. The Morgan fingerprint density at radius 3 is 2.16 bits per heavy atom. The molecule has 192 valence electrons. The molecule has 3 aromatic rings. The summed E-state index contributed by atoms with van der Waals surface area (Å²) in [5, 5.41) is 0. The second-order valence-electron chi connectivity index (χ2n) is 10.5. The number of anilines is 1. The van der Waals surface area contributed by atoms with Crippen LogP contribution in [-0.4, -0.2) is 39.1 Å². The molecule has 3 saturated heterocycles. The molecule has 0 aromatic heterocycles. The fourth-order valence-electron chi connectivity index (χ4n) is 6.64. The van der Waals surface area contributed by atoms with E-state index in [1.54, 1.807) is 17.0 Å². The van der Waals surface area contributed by atoms with Crippen LogP contribution in [0.3, 0.4) is 0 Å². The van der Waals surface area contributed by atoms with E-state index in [0.29, 0.717) is 5.69 Å². The highest BCUT2D eigenvalue weighted by Gasteiger charge is 2.76. The van der Waals surface area contributed by atoms with Gasteiger partial charge < -0.3 is 4.90 Å². The third-order valence-corrected chi connectivity index (χ3v) is 8.37. The zero-order valence-electron chi connectivity index (χ0n) is 21.6. The number of benzene rings is 3. The summed E-state index contributed by atoms with van der Waals surface area (Å²) >= 11 is 0. The second kappa shape index (κ2) is 8.65. The number of nitrogens with zero attached hydrogens (tertiary/aromatic N) is 3. The van der Waals surface area contributed by atoms with Gasteiger partial charge in [0, 0.05) is 0 Å². The largest absolute Gasteiger partial charge is 0.332 e. The van der Waals surface area contributed by atoms with Crippen molar-refractivity contribution in [2.75, 3.05) is 4.90 Å². The third-order valence-electron chi connectivity index (χ3n) is 8.37. The molecular formula is C31H29N3O4. The predicted octanol–water partition coefficient (Wildman–Crippen LogP) is 4.78. The molecule has 3 aliphatic rings. The quantitative estimate of drug-likeness (QED) is 0.368. The molecule has 4 atom stereocenters. The van der Waals surface area contributed by atoms with Crippen molar-refractivity contribution in [1.29, 1.82) is 0 Å². The SMILES string of the molecule is CC[C@@]12C(=O)N(c3ccc(C)cc3)C(=O)N1C(c1cccc(C)c1)C1C(=O)N(Cc3ccccc3)C(=O)C12. The van der Waals surface area contributed by atoms with Crippen LogP contribution in [0.4, 0.5) is 10.5 Å². The minimum atomic E-state index is -1.45. The monoisotopic (exact) mass is 507 g/mol. The van der Waals surface area contributed by atoms with Crippen molar-refractivity contribution < 1.29 is 19.2 Å². The van der Waals surface area contributed by atoms with Crippen LogP contribution >= 0.6 is 0 Å². The van der Waals surface area contributed by atoms with E-state index in [9.17, 15) is 19.2 Å². The number of carbonyl (C=O) groups is 4. The summed E-state index contributed by atoms with van der Waals surface area (Å²) in [7, 11) is 0. The first-order valence-electron chi connectivity index (χ1n) is 13.0. The summed E-state index contributed by atoms with van der Waals surface area (Å²) in [5.41, 5.74) is 2.58. The number of imide groups is 2. The van der Waals surface area contributed by atoms with E-state index < -0.39 is 41.3 Å². The normalized spacial score (nSPS) is 26.4. The van der Waals surface area contributed by atoms with Crippen LogP contribution in [0.2, 0.25) is 0 Å². The van der Waals surface area contributed by atoms with Crippen molar-refractivity contribution in [3.63, 3.8) is 0 Å². The number of urea groups is 1. The lowest BCUT2D eigenvalue weighted by atomic mass is 9.77. The van der Waals surface area contributed by atoms with Crippen LogP contribution < -0.4 is 4.90 Å². The van der Waals surface area contributed by atoms with Gasteiger partial charge >= 0.3 is 6.03 Å². The van der Waals surface area contributed by atoms with Crippen LogP contribution in [0.25, 0.3) is 0 Å². The Bertz CT molecular complexity index is 1470. The van der Waals surface area contributed by atoms with Crippen molar-refractivity contribution in [1.82, 2.24) is 9.80 Å². The molecule has 7 nitrogen and oxygen atoms in total. The van der Waals surface area contributed by atoms with E-state index in [4.69, 9.17) is 0 Å². The summed E-state index contributed by atoms with van der Waals surface area (Å²) < 4.78 is 0. The maximum atomic E-state index is 14.3. The number of likely N-dealkylation sites (tertiary alicyclic amines) is 1. The van der Waals surface area contributed by atoms with E-state index in [1.807, 2.05) is 87.5 Å². The molecule has 0 bridgehead atoms. The van der Waals surface area contributed by atoms with Gasteiger partial charge in [0.2, 0.25) is 11.8 Å². The highest BCUT2D eigenvalue weighted by Crippen LogP contribution is 2.60. The van der Waals surface area contributed by atoms with Crippen molar-refractivity contribution in [3.8, 4) is 0 Å². The number of carbonyl (C=O) groups excluding carboxylic acids is 4. The van der Waals surface area contributed by atoms with Crippen LogP contribution in [-0.2, 0) is 20.9 Å². The van der Waals surface area contributed by atoms with Crippen LogP contribution in [0.5, 0.6) is 0 Å². The molecule has 5 amide bonds. The molecule has 3 heterocycles. The maximum Gasteiger partial charge on any atom is 0.332 e. The number of hydrogen-bond acceptors (Lipinski definition) is 4. The second-order valence-corrected chi connectivity index (χ2v) is 10.5. The number of fused-ring (bicyclic) bond motifs is 3. The average Bonchev–Trinajstić information content (AvgIpc) is 3.44. The van der Waals surface area contributed by atoms with Gasteiger partial charge in [-0.05, 0) is 43.5 Å². The highest BCUT2D eigenvalue weighted by molar-refractivity contribution is 6.26. The molecule has 6 rings (SSSR count). The Labute approximate surface area is 221 Å². The van der Waals surface area contributed by atoms with Crippen molar-refractivity contribution in [2.24, 2.45) is 11.8 Å². The standard InChI is InChI=1S/C31H29N3O4/c1-4-31-25-24(27(35)32(28(25)36)18-21-10-6-5-7-11-21)26(22-12-8-9-20(3)17-22)34(31)30(38)33(29(31)37)23-15-13-19(2)14-16-23/h5-17,24-26H,4,18H2,1-3H3/t24?,25?,26?,31-/m1/s1. The Hall–Kier alpha value is -4.26. The molecule has 0 N–H and O–H groups in total. The lowest BCUT2D eigenvalue weighted by Gasteiger charge is -2.34. The lowest BCUT2D eigenvalue weighted by Crippen LogP contribution is -2.53. The smallest absolute Gasteiger partial charge is 0.300 e. The third kappa shape index (κ3) is 3.20. The van der Waals surface area contributed by atoms with Crippen LogP contribution in [0.1, 0.15) is 41.6 Å². The number of rotatable bonds is 5. The molecule has 0 spiro atoms. The van der Waals surface area contributed by atoms with Gasteiger partial charge in [0.25, 0.3) is 5.91 Å². The molecule has 0 saturated carbocycles. The molecule has 38 heavy (non-hydrogen) atoms. The minimum absolute atomic E-state index is 0.135. The summed E-state index contributed by atoms with van der Waals surface area (Å²) in [5.74, 6) is -2.96. The molecule has 3 unspecified atom stereocenters. The summed E-state index contributed by atoms with van der Waals surface area (Å²) in [6, 6.07) is 23.0. The van der Waals surface area contributed by atoms with Crippen molar-refractivity contribution in [3.05, 3.63) is 101 Å². The maximum absolute atomic E-state index is 14.3. The van der Waals surface area contributed by atoms with Gasteiger partial charge in [-0.2, -0.15) is 0 Å². The summed E-state index contributed by atoms with van der Waals surface area (Å²) in [6.07, 6.45) is 0.224. The van der Waals surface area contributed by atoms with Crippen molar-refractivity contribution >= 4 is 29.4 Å². The fraction of sp³-hybridized carbons (Fsp3) is 0.290. The van der Waals surface area contributed by atoms with Crippen LogP contribution in [0.15, 0.2) is 78.9 Å². The minimum Gasteiger partial charge on any atom is -0.300 e. The van der Waals surface area contributed by atoms with E-state index in [-0.39, 0.29) is 18.9 Å². The Morgan fingerprint density at radius 2 is 1.50 bits per heavy atom. The van der Waals surface area contributed by atoms with Gasteiger partial charge in [-0.25, -0.2) is 9.69 Å². The first-order valence-corrected chi connectivity index (χ1v) is 13.0. The van der Waals surface area contributed by atoms with Gasteiger partial charge in [-0.1, -0.05) is 84.8 Å². The van der Waals surface area contributed by atoms with Gasteiger partial charge in [-0.3, -0.25) is 19.3 Å². The zero-order valence-corrected chi connectivity index (χ0v) is 21.6. The van der Waals surface area contributed by atoms with E-state index in [0.717, 1.165) is 22.3 Å². The Kier molecular flexibility index (Phi) is 5.49. The topological polar surface area (TPSA) is 78.0 Å². The van der Waals surface area contributed by atoms with Gasteiger partial charge in [0.1, 0.15) is 5.54 Å². The van der Waals surface area contributed by atoms with Gasteiger partial charge in [0.15, 0.2) is 0 Å². The van der Waals surface area contributed by atoms with Gasteiger partial charge in [-0.15, -0.1) is 0 Å². The predicted molar refractivity (Wildman–Crippen MR) is 142 cm³/mol. The first kappa shape index (κ1) is 24.1. The first-order chi connectivity index (χ1) is 18.3.